The van der Waals surface area contributed by atoms with Crippen LogP contribution in [0.15, 0.2) is 16.5 Å². The third kappa shape index (κ3) is 1.10. The number of aryl methyl sites for hydroxylation is 3. The summed E-state index contributed by atoms with van der Waals surface area (Å²) in [5, 5.41) is 9.89. The number of hydrogen-bond acceptors (Lipinski definition) is 2. The van der Waals surface area contributed by atoms with E-state index in [1.807, 2.05) is 20.8 Å². The zero-order chi connectivity index (χ0) is 10.3. The molecular weight excluding hydrogens is 174 g/mol. The lowest BCUT2D eigenvalue weighted by Crippen LogP contribution is -1.78. The number of nitrogens with zero attached hydrogens (tertiary/aromatic N) is 1. The number of fused-ring (bicyclic) bond motifs is 1. The van der Waals surface area contributed by atoms with Gasteiger partial charge < -0.3 is 4.42 Å². The summed E-state index contributed by atoms with van der Waals surface area (Å²) in [7, 11) is 0. The largest absolute Gasteiger partial charge is 0.445 e. The van der Waals surface area contributed by atoms with E-state index in [9.17, 15) is 0 Å². The molecule has 0 aliphatic rings. The molecular formula is C12H11NO. The predicted octanol–water partition coefficient (Wildman–Crippen LogP) is 3.23. The van der Waals surface area contributed by atoms with Crippen molar-refractivity contribution in [3.05, 3.63) is 34.6 Å². The van der Waals surface area contributed by atoms with Gasteiger partial charge in [-0.25, -0.2) is 0 Å². The van der Waals surface area contributed by atoms with Crippen LogP contribution >= 0.6 is 0 Å². The average Bonchev–Trinajstić information content (AvgIpc) is 2.44. The van der Waals surface area contributed by atoms with Crippen molar-refractivity contribution >= 4 is 11.0 Å². The van der Waals surface area contributed by atoms with E-state index in [2.05, 4.69) is 18.2 Å². The smallest absolute Gasteiger partial charge is 0.207 e. The molecule has 70 valence electrons. The van der Waals surface area contributed by atoms with Crippen molar-refractivity contribution in [2.45, 2.75) is 20.8 Å². The Morgan fingerprint density at radius 3 is 2.57 bits per heavy atom. The van der Waals surface area contributed by atoms with Crippen molar-refractivity contribution in [3.63, 3.8) is 0 Å². The van der Waals surface area contributed by atoms with Crippen LogP contribution in [-0.4, -0.2) is 0 Å². The minimum absolute atomic E-state index is 0.425. The van der Waals surface area contributed by atoms with Gasteiger partial charge in [-0.3, -0.25) is 0 Å². The first kappa shape index (κ1) is 8.83. The van der Waals surface area contributed by atoms with Gasteiger partial charge >= 0.3 is 0 Å². The van der Waals surface area contributed by atoms with E-state index in [1.165, 1.54) is 5.56 Å². The quantitative estimate of drug-likeness (QED) is 0.631. The number of benzene rings is 1. The Morgan fingerprint density at radius 1 is 1.21 bits per heavy atom. The van der Waals surface area contributed by atoms with Crippen LogP contribution in [-0.2, 0) is 0 Å². The molecule has 0 spiro atoms. The monoisotopic (exact) mass is 185 g/mol. The topological polar surface area (TPSA) is 36.9 Å². The van der Waals surface area contributed by atoms with E-state index in [4.69, 9.17) is 9.68 Å². The first-order valence-electron chi connectivity index (χ1n) is 4.54. The number of nitriles is 1. The molecule has 0 aliphatic heterocycles. The highest BCUT2D eigenvalue weighted by Crippen LogP contribution is 2.28. The molecule has 1 heterocycles. The van der Waals surface area contributed by atoms with E-state index in [0.717, 1.165) is 22.1 Å². The maximum Gasteiger partial charge on any atom is 0.207 e. The van der Waals surface area contributed by atoms with Crippen molar-refractivity contribution in [1.82, 2.24) is 0 Å². The molecule has 0 bridgehead atoms. The van der Waals surface area contributed by atoms with Crippen LogP contribution in [0.1, 0.15) is 22.5 Å². The van der Waals surface area contributed by atoms with Gasteiger partial charge in [0.1, 0.15) is 11.7 Å². The van der Waals surface area contributed by atoms with Crippen LogP contribution < -0.4 is 0 Å². The minimum Gasteiger partial charge on any atom is -0.445 e. The Balaban J connectivity index is 2.94. The summed E-state index contributed by atoms with van der Waals surface area (Å²) in [5.41, 5.74) is 4.06. The van der Waals surface area contributed by atoms with Crippen molar-refractivity contribution < 1.29 is 4.42 Å². The van der Waals surface area contributed by atoms with Gasteiger partial charge in [0.25, 0.3) is 0 Å². The Bertz CT molecular complexity index is 543. The van der Waals surface area contributed by atoms with Crippen LogP contribution in [0.4, 0.5) is 0 Å². The van der Waals surface area contributed by atoms with Gasteiger partial charge in [-0.15, -0.1) is 0 Å². The van der Waals surface area contributed by atoms with Crippen LogP contribution in [0.25, 0.3) is 11.0 Å². The second kappa shape index (κ2) is 2.88. The fraction of sp³-hybridized carbons (Fsp3) is 0.250. The maximum absolute atomic E-state index is 8.84. The SMILES string of the molecule is Cc1cc(C)c2oc(C#N)c(C)c2c1. The fourth-order valence-corrected chi connectivity index (χ4v) is 1.78. The molecule has 0 saturated heterocycles. The van der Waals surface area contributed by atoms with Crippen LogP contribution in [0, 0.1) is 32.1 Å². The molecule has 0 atom stereocenters. The second-order valence-corrected chi connectivity index (χ2v) is 3.63. The highest BCUT2D eigenvalue weighted by atomic mass is 16.3. The van der Waals surface area contributed by atoms with Gasteiger partial charge in [-0.1, -0.05) is 6.07 Å². The summed E-state index contributed by atoms with van der Waals surface area (Å²) in [6, 6.07) is 6.18. The summed E-state index contributed by atoms with van der Waals surface area (Å²) in [6.45, 7) is 5.97. The molecule has 2 nitrogen and oxygen atoms in total. The van der Waals surface area contributed by atoms with E-state index >= 15 is 0 Å². The third-order valence-corrected chi connectivity index (χ3v) is 2.47. The van der Waals surface area contributed by atoms with E-state index in [1.54, 1.807) is 0 Å². The Hall–Kier alpha value is -1.75. The molecule has 0 radical (unpaired) electrons. The maximum atomic E-state index is 8.84. The first-order valence-corrected chi connectivity index (χ1v) is 4.54. The second-order valence-electron chi connectivity index (χ2n) is 3.63. The lowest BCUT2D eigenvalue weighted by Gasteiger charge is -1.97. The van der Waals surface area contributed by atoms with Crippen LogP contribution in [0.3, 0.4) is 0 Å². The zero-order valence-electron chi connectivity index (χ0n) is 8.51. The summed E-state index contributed by atoms with van der Waals surface area (Å²) in [6.07, 6.45) is 0. The molecule has 2 heteroatoms. The minimum atomic E-state index is 0.425. The highest BCUT2D eigenvalue weighted by molar-refractivity contribution is 5.86. The van der Waals surface area contributed by atoms with Gasteiger partial charge in [-0.2, -0.15) is 5.26 Å². The highest BCUT2D eigenvalue weighted by Gasteiger charge is 2.11. The molecule has 0 amide bonds. The number of hydrogen-bond donors (Lipinski definition) is 0. The van der Waals surface area contributed by atoms with Crippen molar-refractivity contribution in [2.75, 3.05) is 0 Å². The van der Waals surface area contributed by atoms with Gasteiger partial charge in [0.2, 0.25) is 5.76 Å². The lowest BCUT2D eigenvalue weighted by atomic mass is 10.1. The molecule has 0 aliphatic carbocycles. The average molecular weight is 185 g/mol. The Kier molecular flexibility index (Phi) is 1.82. The van der Waals surface area contributed by atoms with Crippen LogP contribution in [0.2, 0.25) is 0 Å². The Labute approximate surface area is 82.8 Å². The molecule has 0 fully saturated rings. The summed E-state index contributed by atoms with van der Waals surface area (Å²) < 4.78 is 5.47. The number of furan rings is 1. The molecule has 0 N–H and O–H groups in total. The van der Waals surface area contributed by atoms with Gasteiger partial charge in [0.15, 0.2) is 0 Å². The first-order chi connectivity index (χ1) is 6.63. The molecule has 2 rings (SSSR count). The summed E-state index contributed by atoms with van der Waals surface area (Å²) >= 11 is 0. The molecule has 1 aromatic carbocycles. The molecule has 2 aromatic rings. The van der Waals surface area contributed by atoms with E-state index in [-0.39, 0.29) is 0 Å². The summed E-state index contributed by atoms with van der Waals surface area (Å²) in [5.74, 6) is 0.425. The molecule has 14 heavy (non-hydrogen) atoms. The normalized spacial score (nSPS) is 10.4. The standard InChI is InChI=1S/C12H11NO/c1-7-4-8(2)12-10(5-7)9(3)11(6-13)14-12/h4-5H,1-3H3. The van der Waals surface area contributed by atoms with Gasteiger partial charge in [-0.05, 0) is 38.0 Å². The van der Waals surface area contributed by atoms with E-state index < -0.39 is 0 Å². The molecule has 0 unspecified atom stereocenters. The van der Waals surface area contributed by atoms with Gasteiger partial charge in [0, 0.05) is 10.9 Å². The molecule has 0 saturated carbocycles. The Morgan fingerprint density at radius 2 is 1.93 bits per heavy atom. The lowest BCUT2D eigenvalue weighted by molar-refractivity contribution is 0.594. The van der Waals surface area contributed by atoms with Crippen molar-refractivity contribution in [1.29, 1.82) is 5.26 Å². The fourth-order valence-electron chi connectivity index (χ4n) is 1.78. The number of rotatable bonds is 0. The van der Waals surface area contributed by atoms with E-state index in [0.29, 0.717) is 5.76 Å². The summed E-state index contributed by atoms with van der Waals surface area (Å²) in [4.78, 5) is 0. The van der Waals surface area contributed by atoms with Crippen molar-refractivity contribution in [2.24, 2.45) is 0 Å². The van der Waals surface area contributed by atoms with Crippen molar-refractivity contribution in [3.8, 4) is 6.07 Å². The molecule has 1 aromatic heterocycles. The third-order valence-electron chi connectivity index (χ3n) is 2.47. The zero-order valence-corrected chi connectivity index (χ0v) is 8.51. The van der Waals surface area contributed by atoms with Gasteiger partial charge in [0.05, 0.1) is 0 Å². The predicted molar refractivity (Wildman–Crippen MR) is 55.1 cm³/mol. The van der Waals surface area contributed by atoms with Crippen LogP contribution in [0.5, 0.6) is 0 Å².